The quantitative estimate of drug-likeness (QED) is 0.659. The number of anilines is 1. The van der Waals surface area contributed by atoms with Crippen molar-refractivity contribution in [2.75, 3.05) is 32.1 Å². The number of rotatable bonds is 3. The van der Waals surface area contributed by atoms with Crippen LogP contribution in [-0.4, -0.2) is 44.0 Å². The average molecular weight is 281 g/mol. The van der Waals surface area contributed by atoms with Gasteiger partial charge in [0.2, 0.25) is 0 Å². The highest BCUT2D eigenvalue weighted by molar-refractivity contribution is 6.34. The molecule has 0 radical (unpaired) electrons. The number of nitrogens with two attached hydrogens (primary N) is 1. The van der Waals surface area contributed by atoms with Gasteiger partial charge in [-0.15, -0.1) is 0 Å². The second-order valence-corrected chi connectivity index (χ2v) is 5.65. The largest absolute Gasteiger partial charge is 0.384 e. The molecule has 0 aliphatic carbocycles. The zero-order valence-corrected chi connectivity index (χ0v) is 12.2. The molecule has 19 heavy (non-hydrogen) atoms. The van der Waals surface area contributed by atoms with E-state index in [4.69, 9.17) is 22.7 Å². The van der Waals surface area contributed by atoms with Crippen molar-refractivity contribution in [1.82, 2.24) is 4.90 Å². The third-order valence-corrected chi connectivity index (χ3v) is 4.11. The van der Waals surface area contributed by atoms with Gasteiger partial charge in [-0.2, -0.15) is 0 Å². The molecule has 1 aliphatic rings. The maximum Gasteiger partial charge on any atom is 0.124 e. The van der Waals surface area contributed by atoms with Crippen molar-refractivity contribution in [3.63, 3.8) is 0 Å². The summed E-state index contributed by atoms with van der Waals surface area (Å²) in [4.78, 5) is 4.63. The summed E-state index contributed by atoms with van der Waals surface area (Å²) < 4.78 is 0. The summed E-state index contributed by atoms with van der Waals surface area (Å²) in [7, 11) is 4.26. The molecule has 104 valence electrons. The number of nitrogens with zero attached hydrogens (tertiary/aromatic N) is 2. The molecule has 0 spiro atoms. The minimum Gasteiger partial charge on any atom is -0.384 e. The maximum absolute atomic E-state index is 7.45. The molecule has 1 aromatic carbocycles. The molecule has 1 saturated heterocycles. The van der Waals surface area contributed by atoms with E-state index >= 15 is 0 Å². The number of nitrogens with one attached hydrogen (secondary N) is 1. The standard InChI is InChI=1S/C14H21ClN4/c1-18-7-3-4-11(9-18)19(2)10-5-6-12(14(16)17)13(15)8-10/h5-6,8,11H,3-4,7,9H2,1-2H3,(H3,16,17). The van der Waals surface area contributed by atoms with E-state index in [9.17, 15) is 0 Å². The fraction of sp³-hybridized carbons (Fsp3) is 0.500. The van der Waals surface area contributed by atoms with Crippen molar-refractivity contribution < 1.29 is 0 Å². The average Bonchev–Trinajstić information content (AvgIpc) is 2.37. The van der Waals surface area contributed by atoms with E-state index in [-0.39, 0.29) is 5.84 Å². The van der Waals surface area contributed by atoms with Gasteiger partial charge < -0.3 is 15.5 Å². The zero-order valence-electron chi connectivity index (χ0n) is 11.5. The summed E-state index contributed by atoms with van der Waals surface area (Å²) in [6, 6.07) is 6.21. The van der Waals surface area contributed by atoms with Crippen LogP contribution in [0.2, 0.25) is 5.02 Å². The van der Waals surface area contributed by atoms with E-state index in [1.807, 2.05) is 18.2 Å². The van der Waals surface area contributed by atoms with Crippen molar-refractivity contribution >= 4 is 23.1 Å². The lowest BCUT2D eigenvalue weighted by Gasteiger charge is -2.37. The van der Waals surface area contributed by atoms with E-state index in [0.717, 1.165) is 12.2 Å². The zero-order chi connectivity index (χ0) is 14.0. The molecule has 3 N–H and O–H groups in total. The van der Waals surface area contributed by atoms with Gasteiger partial charge in [0.05, 0.1) is 5.02 Å². The Kier molecular flexibility index (Phi) is 4.32. The van der Waals surface area contributed by atoms with Crippen LogP contribution in [0.15, 0.2) is 18.2 Å². The molecule has 0 amide bonds. The number of piperidine rings is 1. The third-order valence-electron chi connectivity index (χ3n) is 3.80. The molecule has 0 aromatic heterocycles. The SMILES string of the molecule is CN1CCCC(N(C)c2ccc(C(=N)N)c(Cl)c2)C1. The fourth-order valence-corrected chi connectivity index (χ4v) is 2.88. The Balaban J connectivity index is 2.17. The van der Waals surface area contributed by atoms with Gasteiger partial charge in [-0.05, 0) is 44.6 Å². The van der Waals surface area contributed by atoms with Crippen molar-refractivity contribution in [3.05, 3.63) is 28.8 Å². The maximum atomic E-state index is 7.45. The number of hydrogen-bond acceptors (Lipinski definition) is 3. The van der Waals surface area contributed by atoms with Gasteiger partial charge in [-0.3, -0.25) is 5.41 Å². The Hall–Kier alpha value is -1.26. The molecule has 2 rings (SSSR count). The third kappa shape index (κ3) is 3.19. The van der Waals surface area contributed by atoms with E-state index in [0.29, 0.717) is 16.6 Å². The van der Waals surface area contributed by atoms with Gasteiger partial charge in [0.25, 0.3) is 0 Å². The number of likely N-dealkylation sites (N-methyl/N-ethyl adjacent to an activating group) is 2. The van der Waals surface area contributed by atoms with Crippen LogP contribution in [0.3, 0.4) is 0 Å². The van der Waals surface area contributed by atoms with Crippen LogP contribution in [0.4, 0.5) is 5.69 Å². The second kappa shape index (κ2) is 5.80. The van der Waals surface area contributed by atoms with Crippen LogP contribution in [0.1, 0.15) is 18.4 Å². The fourth-order valence-electron chi connectivity index (χ4n) is 2.61. The van der Waals surface area contributed by atoms with Crippen LogP contribution in [-0.2, 0) is 0 Å². The molecule has 0 saturated carbocycles. The summed E-state index contributed by atoms with van der Waals surface area (Å²) in [6.07, 6.45) is 2.43. The van der Waals surface area contributed by atoms with Crippen molar-refractivity contribution in [2.24, 2.45) is 5.73 Å². The molecule has 1 aliphatic heterocycles. The van der Waals surface area contributed by atoms with Crippen LogP contribution < -0.4 is 10.6 Å². The monoisotopic (exact) mass is 280 g/mol. The predicted molar refractivity (Wildman–Crippen MR) is 81.4 cm³/mol. The van der Waals surface area contributed by atoms with Gasteiger partial charge in [0.15, 0.2) is 0 Å². The summed E-state index contributed by atoms with van der Waals surface area (Å²) >= 11 is 6.18. The number of likely N-dealkylation sites (tertiary alicyclic amines) is 1. The lowest BCUT2D eigenvalue weighted by Crippen LogP contribution is -2.45. The van der Waals surface area contributed by atoms with Gasteiger partial charge in [-0.25, -0.2) is 0 Å². The Morgan fingerprint density at radius 1 is 1.53 bits per heavy atom. The van der Waals surface area contributed by atoms with Crippen LogP contribution >= 0.6 is 11.6 Å². The first kappa shape index (κ1) is 14.2. The molecule has 1 heterocycles. The number of halogens is 1. The summed E-state index contributed by atoms with van der Waals surface area (Å²) in [5, 5.41) is 7.99. The normalized spacial score (nSPS) is 20.3. The first-order valence-corrected chi connectivity index (χ1v) is 6.92. The number of hydrogen-bond donors (Lipinski definition) is 2. The Bertz CT molecular complexity index is 475. The van der Waals surface area contributed by atoms with Gasteiger partial charge >= 0.3 is 0 Å². The molecule has 0 bridgehead atoms. The minimum atomic E-state index is 0.0107. The minimum absolute atomic E-state index is 0.0107. The molecule has 1 unspecified atom stereocenters. The highest BCUT2D eigenvalue weighted by atomic mass is 35.5. The molecule has 4 nitrogen and oxygen atoms in total. The first-order valence-electron chi connectivity index (χ1n) is 6.54. The van der Waals surface area contributed by atoms with Gasteiger partial charge in [0.1, 0.15) is 5.84 Å². The Morgan fingerprint density at radius 2 is 2.26 bits per heavy atom. The molecular formula is C14H21ClN4. The first-order chi connectivity index (χ1) is 8.99. The van der Waals surface area contributed by atoms with E-state index in [2.05, 4.69) is 23.9 Å². The highest BCUT2D eigenvalue weighted by Crippen LogP contribution is 2.26. The predicted octanol–water partition coefficient (Wildman–Crippen LogP) is 2.15. The Labute approximate surface area is 119 Å². The topological polar surface area (TPSA) is 56.4 Å². The molecule has 1 aromatic rings. The molecule has 1 atom stereocenters. The summed E-state index contributed by atoms with van der Waals surface area (Å²) in [5.74, 6) is 0.0107. The smallest absolute Gasteiger partial charge is 0.124 e. The van der Waals surface area contributed by atoms with Crippen molar-refractivity contribution in [1.29, 1.82) is 5.41 Å². The number of amidine groups is 1. The summed E-state index contributed by atoms with van der Waals surface area (Å²) in [5.41, 5.74) is 7.16. The Morgan fingerprint density at radius 3 is 2.84 bits per heavy atom. The lowest BCUT2D eigenvalue weighted by molar-refractivity contribution is 0.248. The van der Waals surface area contributed by atoms with E-state index < -0.39 is 0 Å². The van der Waals surface area contributed by atoms with Crippen molar-refractivity contribution in [3.8, 4) is 0 Å². The summed E-state index contributed by atoms with van der Waals surface area (Å²) in [6.45, 7) is 2.25. The van der Waals surface area contributed by atoms with Crippen LogP contribution in [0.5, 0.6) is 0 Å². The molecular weight excluding hydrogens is 260 g/mol. The lowest BCUT2D eigenvalue weighted by atomic mass is 10.0. The van der Waals surface area contributed by atoms with Crippen molar-refractivity contribution in [2.45, 2.75) is 18.9 Å². The van der Waals surface area contributed by atoms with Crippen LogP contribution in [0, 0.1) is 5.41 Å². The second-order valence-electron chi connectivity index (χ2n) is 5.25. The highest BCUT2D eigenvalue weighted by Gasteiger charge is 2.21. The number of nitrogen functional groups attached to an aromatic ring is 1. The van der Waals surface area contributed by atoms with Crippen LogP contribution in [0.25, 0.3) is 0 Å². The van der Waals surface area contributed by atoms with E-state index in [1.165, 1.54) is 19.4 Å². The van der Waals surface area contributed by atoms with E-state index in [1.54, 1.807) is 0 Å². The molecule has 5 heteroatoms. The number of benzene rings is 1. The van der Waals surface area contributed by atoms with Gasteiger partial charge in [0, 0.05) is 30.9 Å². The molecule has 1 fully saturated rings. The van der Waals surface area contributed by atoms with Gasteiger partial charge in [-0.1, -0.05) is 11.6 Å².